The standard InChI is InChI=1S/C34H35F9N6O5/c1-2-31(44)17-22(28-24(6-7-26(47-28)34(41,42)43)49(31)30(52)54-10-4-3-5-27(50)51)29-45-18-25(48-8-11-53-12-9-48)23(46-29)15-19-13-20(32(35,36)37)16-21(14-19)33(38,39)40/h6-7,13-14,16,18,22H,2-5,8-12,15,17,44H2,1H3,(H,50,51)/t22-,31+/m0/s1. The third kappa shape index (κ3) is 9.14. The largest absolute Gasteiger partial charge is 0.481 e. The number of nitrogens with two attached hydrogens (primary N) is 1. The number of carboxylic acids is 1. The molecule has 0 aliphatic carbocycles. The molecule has 294 valence electrons. The molecule has 0 radical (unpaired) electrons. The summed E-state index contributed by atoms with van der Waals surface area (Å²) in [6.45, 7) is 2.39. The van der Waals surface area contributed by atoms with Crippen molar-refractivity contribution in [2.45, 2.75) is 75.6 Å². The van der Waals surface area contributed by atoms with Crippen molar-refractivity contribution < 1.29 is 63.7 Å². The highest BCUT2D eigenvalue weighted by Crippen LogP contribution is 2.46. The van der Waals surface area contributed by atoms with Crippen molar-refractivity contribution in [1.82, 2.24) is 15.0 Å². The maximum Gasteiger partial charge on any atom is 0.433 e. The Labute approximate surface area is 302 Å². The number of amides is 1. The molecule has 4 heterocycles. The lowest BCUT2D eigenvalue weighted by atomic mass is 9.83. The number of hydrogen-bond acceptors (Lipinski definition) is 9. The predicted octanol–water partition coefficient (Wildman–Crippen LogP) is 7.15. The summed E-state index contributed by atoms with van der Waals surface area (Å²) in [6, 6.07) is 2.77. The van der Waals surface area contributed by atoms with Gasteiger partial charge >= 0.3 is 30.6 Å². The number of rotatable bonds is 10. The number of hydrogen-bond donors (Lipinski definition) is 2. The predicted molar refractivity (Wildman–Crippen MR) is 173 cm³/mol. The van der Waals surface area contributed by atoms with Crippen LogP contribution in [0.3, 0.4) is 0 Å². The minimum atomic E-state index is -5.12. The highest BCUT2D eigenvalue weighted by atomic mass is 19.4. The Kier molecular flexibility index (Phi) is 11.7. The summed E-state index contributed by atoms with van der Waals surface area (Å²) in [4.78, 5) is 39.9. The van der Waals surface area contributed by atoms with Gasteiger partial charge in [0, 0.05) is 25.9 Å². The van der Waals surface area contributed by atoms with Gasteiger partial charge in [-0.2, -0.15) is 39.5 Å². The van der Waals surface area contributed by atoms with Crippen molar-refractivity contribution in [3.05, 3.63) is 76.1 Å². The normalized spacial score (nSPS) is 19.4. The summed E-state index contributed by atoms with van der Waals surface area (Å²) in [7, 11) is 0. The van der Waals surface area contributed by atoms with Gasteiger partial charge in [-0.15, -0.1) is 0 Å². The average molecular weight is 779 g/mol. The minimum absolute atomic E-state index is 0.000935. The number of benzene rings is 1. The lowest BCUT2D eigenvalue weighted by Gasteiger charge is -2.46. The van der Waals surface area contributed by atoms with E-state index in [0.717, 1.165) is 11.0 Å². The van der Waals surface area contributed by atoms with Gasteiger partial charge in [0.15, 0.2) is 0 Å². The van der Waals surface area contributed by atoms with Crippen LogP contribution >= 0.6 is 0 Å². The van der Waals surface area contributed by atoms with Crippen LogP contribution < -0.4 is 15.5 Å². The molecule has 1 amide bonds. The smallest absolute Gasteiger partial charge is 0.433 e. The number of morpholine rings is 1. The van der Waals surface area contributed by atoms with E-state index in [1.807, 2.05) is 0 Å². The Morgan fingerprint density at radius 3 is 2.17 bits per heavy atom. The first-order chi connectivity index (χ1) is 25.2. The summed E-state index contributed by atoms with van der Waals surface area (Å²) in [6.07, 6.45) is -15.6. The number of anilines is 2. The molecule has 2 aromatic heterocycles. The van der Waals surface area contributed by atoms with E-state index in [1.165, 1.54) is 6.20 Å². The van der Waals surface area contributed by atoms with Gasteiger partial charge in [-0.3, -0.25) is 9.69 Å². The maximum absolute atomic E-state index is 14.0. The molecule has 11 nitrogen and oxygen atoms in total. The molecule has 1 aromatic carbocycles. The number of ether oxygens (including phenoxy) is 2. The van der Waals surface area contributed by atoms with E-state index >= 15 is 0 Å². The molecule has 1 saturated heterocycles. The zero-order valence-corrected chi connectivity index (χ0v) is 28.6. The lowest BCUT2D eigenvalue weighted by molar-refractivity contribution is -0.143. The summed E-state index contributed by atoms with van der Waals surface area (Å²) >= 11 is 0. The Hall–Kier alpha value is -4.72. The van der Waals surface area contributed by atoms with Crippen molar-refractivity contribution in [2.24, 2.45) is 5.73 Å². The first-order valence-corrected chi connectivity index (χ1v) is 16.7. The number of carbonyl (C=O) groups excluding carboxylic acids is 1. The molecular weight excluding hydrogens is 743 g/mol. The van der Waals surface area contributed by atoms with Crippen LogP contribution in [-0.2, 0) is 39.2 Å². The van der Waals surface area contributed by atoms with Crippen LogP contribution in [0, 0.1) is 0 Å². The summed E-state index contributed by atoms with van der Waals surface area (Å²) in [5, 5.41) is 8.87. The molecule has 0 bridgehead atoms. The molecule has 0 unspecified atom stereocenters. The van der Waals surface area contributed by atoms with Crippen LogP contribution in [0.15, 0.2) is 36.5 Å². The van der Waals surface area contributed by atoms with Gasteiger partial charge in [0.1, 0.15) is 17.2 Å². The summed E-state index contributed by atoms with van der Waals surface area (Å²) in [5.74, 6) is -2.50. The topological polar surface area (TPSA) is 144 Å². The van der Waals surface area contributed by atoms with E-state index in [1.54, 1.807) is 11.8 Å². The van der Waals surface area contributed by atoms with Crippen molar-refractivity contribution in [3.8, 4) is 0 Å². The minimum Gasteiger partial charge on any atom is -0.481 e. The highest BCUT2D eigenvalue weighted by Gasteiger charge is 2.48. The number of fused-ring (bicyclic) bond motifs is 1. The van der Waals surface area contributed by atoms with E-state index in [2.05, 4.69) is 15.0 Å². The fourth-order valence-corrected chi connectivity index (χ4v) is 6.36. The molecule has 0 saturated carbocycles. The third-order valence-electron chi connectivity index (χ3n) is 9.12. The number of carbonyl (C=O) groups is 2. The Morgan fingerprint density at radius 2 is 1.59 bits per heavy atom. The zero-order valence-electron chi connectivity index (χ0n) is 28.6. The number of alkyl halides is 9. The SMILES string of the molecule is CC[C@]1(N)C[C@H](c2ncc(N3CCOCC3)c(Cc3cc(C(F)(F)F)cc(C(F)(F)F)c3)n2)c2nc(C(F)(F)F)ccc2N1C(=O)OCCCCC(=O)O. The van der Waals surface area contributed by atoms with Gasteiger partial charge in [-0.25, -0.2) is 19.7 Å². The number of halogens is 9. The first kappa shape index (κ1) is 40.5. The van der Waals surface area contributed by atoms with E-state index < -0.39 is 71.0 Å². The van der Waals surface area contributed by atoms with Crippen LogP contribution in [0.4, 0.5) is 55.7 Å². The molecule has 3 N–H and O–H groups in total. The molecule has 54 heavy (non-hydrogen) atoms. The monoisotopic (exact) mass is 778 g/mol. The number of unbranched alkanes of at least 4 members (excludes halogenated alkanes) is 1. The van der Waals surface area contributed by atoms with Crippen molar-refractivity contribution in [2.75, 3.05) is 42.7 Å². The maximum atomic E-state index is 14.0. The molecule has 2 aliphatic heterocycles. The molecule has 3 aromatic rings. The third-order valence-corrected chi connectivity index (χ3v) is 9.12. The molecule has 5 rings (SSSR count). The number of aliphatic carboxylic acids is 1. The highest BCUT2D eigenvalue weighted by molar-refractivity contribution is 5.91. The molecular formula is C34H35F9N6O5. The second-order valence-electron chi connectivity index (χ2n) is 12.9. The molecule has 2 atom stereocenters. The van der Waals surface area contributed by atoms with Gasteiger partial charge in [0.25, 0.3) is 0 Å². The fraction of sp³-hybridized carbons (Fsp3) is 0.500. The number of pyridine rings is 1. The Morgan fingerprint density at radius 1 is 0.944 bits per heavy atom. The second-order valence-corrected chi connectivity index (χ2v) is 12.9. The van der Waals surface area contributed by atoms with Gasteiger partial charge in [-0.05, 0) is 61.6 Å². The van der Waals surface area contributed by atoms with Crippen LogP contribution in [0.2, 0.25) is 0 Å². The van der Waals surface area contributed by atoms with E-state index in [9.17, 15) is 49.1 Å². The number of carboxylic acid groups (broad SMARTS) is 1. The second kappa shape index (κ2) is 15.6. The van der Waals surface area contributed by atoms with E-state index in [4.69, 9.17) is 20.3 Å². The molecule has 20 heteroatoms. The van der Waals surface area contributed by atoms with Crippen LogP contribution in [0.25, 0.3) is 0 Å². The summed E-state index contributed by atoms with van der Waals surface area (Å²) < 4.78 is 135. The molecule has 1 fully saturated rings. The van der Waals surface area contributed by atoms with E-state index in [-0.39, 0.29) is 99.7 Å². The number of aromatic nitrogens is 3. The molecule has 0 spiro atoms. The van der Waals surface area contributed by atoms with Crippen LogP contribution in [0.1, 0.15) is 84.5 Å². The zero-order chi connectivity index (χ0) is 39.6. The lowest BCUT2D eigenvalue weighted by Crippen LogP contribution is -2.62. The van der Waals surface area contributed by atoms with Crippen LogP contribution in [0.5, 0.6) is 0 Å². The summed E-state index contributed by atoms with van der Waals surface area (Å²) in [5.41, 5.74) is 0.0561. The van der Waals surface area contributed by atoms with Gasteiger partial charge in [-0.1, -0.05) is 6.92 Å². The van der Waals surface area contributed by atoms with Gasteiger partial charge in [0.2, 0.25) is 0 Å². The van der Waals surface area contributed by atoms with Crippen molar-refractivity contribution in [3.63, 3.8) is 0 Å². The van der Waals surface area contributed by atoms with Gasteiger partial charge < -0.3 is 25.2 Å². The fourth-order valence-electron chi connectivity index (χ4n) is 6.36. The van der Waals surface area contributed by atoms with Crippen molar-refractivity contribution >= 4 is 23.4 Å². The van der Waals surface area contributed by atoms with Crippen LogP contribution in [-0.4, -0.2) is 70.7 Å². The number of nitrogens with zero attached hydrogens (tertiary/aromatic N) is 5. The Bertz CT molecular complexity index is 1820. The molecule has 2 aliphatic rings. The Balaban J connectivity index is 1.62. The van der Waals surface area contributed by atoms with Gasteiger partial charge in [0.05, 0.1) is 65.8 Å². The van der Waals surface area contributed by atoms with Crippen molar-refractivity contribution in [1.29, 1.82) is 0 Å². The van der Waals surface area contributed by atoms with E-state index in [0.29, 0.717) is 18.2 Å². The average Bonchev–Trinajstić information content (AvgIpc) is 3.09. The quantitative estimate of drug-likeness (QED) is 0.161. The first-order valence-electron chi connectivity index (χ1n) is 16.7.